The summed E-state index contributed by atoms with van der Waals surface area (Å²) in [6.07, 6.45) is 3.19. The van der Waals surface area contributed by atoms with Gasteiger partial charge in [0.25, 0.3) is 0 Å². The lowest BCUT2D eigenvalue weighted by molar-refractivity contribution is -0.123. The first-order chi connectivity index (χ1) is 5.65. The van der Waals surface area contributed by atoms with E-state index in [9.17, 15) is 4.79 Å². The Balaban J connectivity index is 2.45. The monoisotopic (exact) mass is 208 g/mol. The zero-order valence-corrected chi connectivity index (χ0v) is 8.74. The number of hydrogen-bond acceptors (Lipinski definition) is 1. The van der Waals surface area contributed by atoms with Crippen molar-refractivity contribution in [1.29, 1.82) is 0 Å². The van der Waals surface area contributed by atoms with Crippen molar-refractivity contribution in [1.82, 2.24) is 0 Å². The van der Waals surface area contributed by atoms with Crippen molar-refractivity contribution in [3.8, 4) is 0 Å². The predicted molar refractivity (Wildman–Crippen MR) is 51.9 cm³/mol. The van der Waals surface area contributed by atoms with Gasteiger partial charge in [0, 0.05) is 17.7 Å². The molecule has 0 aromatic carbocycles. The number of carbonyl (C=O) groups excluding carboxylic acids is 1. The highest BCUT2D eigenvalue weighted by Crippen LogP contribution is 2.32. The quantitative estimate of drug-likeness (QED) is 0.639. The molecule has 0 bridgehead atoms. The second kappa shape index (κ2) is 4.48. The molecule has 1 nitrogen and oxygen atoms in total. The van der Waals surface area contributed by atoms with Crippen LogP contribution in [0.4, 0.5) is 0 Å². The first kappa shape index (κ1) is 10.3. The molecule has 0 radical (unpaired) electrons. The molecule has 0 aliphatic heterocycles. The Kier molecular flexibility index (Phi) is 3.85. The Hall–Kier alpha value is 0.250. The SMILES string of the molecule is CCC(=O)C1CCC(Cl)C(Cl)C1. The fourth-order valence-electron chi connectivity index (χ4n) is 1.66. The molecule has 1 saturated carbocycles. The summed E-state index contributed by atoms with van der Waals surface area (Å²) in [5, 5.41) is 0.0495. The number of halogens is 2. The van der Waals surface area contributed by atoms with E-state index in [1.807, 2.05) is 6.92 Å². The molecule has 1 aliphatic rings. The molecule has 1 fully saturated rings. The highest BCUT2D eigenvalue weighted by atomic mass is 35.5. The Labute approximate surface area is 83.4 Å². The second-order valence-corrected chi connectivity index (χ2v) is 4.48. The lowest BCUT2D eigenvalue weighted by Gasteiger charge is -2.27. The minimum Gasteiger partial charge on any atom is -0.299 e. The summed E-state index contributed by atoms with van der Waals surface area (Å²) in [6.45, 7) is 1.90. The minimum atomic E-state index is -0.0130. The van der Waals surface area contributed by atoms with Gasteiger partial charge >= 0.3 is 0 Å². The van der Waals surface area contributed by atoms with Gasteiger partial charge in [0.1, 0.15) is 5.78 Å². The highest BCUT2D eigenvalue weighted by Gasteiger charge is 2.30. The molecule has 0 aromatic rings. The van der Waals surface area contributed by atoms with Crippen LogP contribution in [0.3, 0.4) is 0 Å². The van der Waals surface area contributed by atoms with E-state index < -0.39 is 0 Å². The van der Waals surface area contributed by atoms with Gasteiger partial charge in [-0.1, -0.05) is 6.92 Å². The molecule has 12 heavy (non-hydrogen) atoms. The van der Waals surface area contributed by atoms with Gasteiger partial charge in [-0.15, -0.1) is 23.2 Å². The number of alkyl halides is 2. The third-order valence-corrected chi connectivity index (χ3v) is 3.63. The third kappa shape index (κ3) is 2.37. The van der Waals surface area contributed by atoms with Gasteiger partial charge in [0.2, 0.25) is 0 Å². The number of hydrogen-bond donors (Lipinski definition) is 0. The zero-order chi connectivity index (χ0) is 9.14. The van der Waals surface area contributed by atoms with Gasteiger partial charge in [0.05, 0.1) is 5.38 Å². The third-order valence-electron chi connectivity index (χ3n) is 2.50. The summed E-state index contributed by atoms with van der Waals surface area (Å²) >= 11 is 11.9. The average Bonchev–Trinajstić information content (AvgIpc) is 2.08. The van der Waals surface area contributed by atoms with Gasteiger partial charge in [-0.25, -0.2) is 0 Å². The molecule has 0 amide bonds. The smallest absolute Gasteiger partial charge is 0.135 e. The molecule has 0 saturated heterocycles. The van der Waals surface area contributed by atoms with Gasteiger partial charge in [0.15, 0.2) is 0 Å². The zero-order valence-electron chi connectivity index (χ0n) is 7.22. The van der Waals surface area contributed by atoms with E-state index in [1.54, 1.807) is 0 Å². The van der Waals surface area contributed by atoms with Gasteiger partial charge in [-0.2, -0.15) is 0 Å². The molecule has 1 aliphatic carbocycles. The normalized spacial score (nSPS) is 36.4. The van der Waals surface area contributed by atoms with Crippen LogP contribution >= 0.6 is 23.2 Å². The predicted octanol–water partition coefficient (Wildman–Crippen LogP) is 2.98. The summed E-state index contributed by atoms with van der Waals surface area (Å²) in [7, 11) is 0. The largest absolute Gasteiger partial charge is 0.299 e. The molecule has 0 N–H and O–H groups in total. The summed E-state index contributed by atoms with van der Waals surface area (Å²) in [6, 6.07) is 0. The van der Waals surface area contributed by atoms with Crippen LogP contribution in [-0.4, -0.2) is 16.5 Å². The number of ketones is 1. The van der Waals surface area contributed by atoms with Crippen molar-refractivity contribution in [2.24, 2.45) is 5.92 Å². The van der Waals surface area contributed by atoms with Crippen LogP contribution in [0.2, 0.25) is 0 Å². The van der Waals surface area contributed by atoms with Crippen LogP contribution in [0.1, 0.15) is 32.6 Å². The molecule has 3 heteroatoms. The van der Waals surface area contributed by atoms with Crippen LogP contribution in [0.15, 0.2) is 0 Å². The van der Waals surface area contributed by atoms with E-state index in [2.05, 4.69) is 0 Å². The van der Waals surface area contributed by atoms with E-state index in [4.69, 9.17) is 23.2 Å². The molecule has 0 spiro atoms. The fraction of sp³-hybridized carbons (Fsp3) is 0.889. The lowest BCUT2D eigenvalue weighted by Crippen LogP contribution is -2.29. The van der Waals surface area contributed by atoms with Gasteiger partial charge in [-0.3, -0.25) is 4.79 Å². The fourth-order valence-corrected chi connectivity index (χ4v) is 2.23. The molecule has 0 heterocycles. The van der Waals surface area contributed by atoms with E-state index in [1.165, 1.54) is 0 Å². The summed E-state index contributed by atoms with van der Waals surface area (Å²) < 4.78 is 0. The molecular weight excluding hydrogens is 195 g/mol. The van der Waals surface area contributed by atoms with Crippen LogP contribution in [0, 0.1) is 5.92 Å². The maximum atomic E-state index is 11.3. The summed E-state index contributed by atoms with van der Waals surface area (Å²) in [5.74, 6) is 0.511. The van der Waals surface area contributed by atoms with Crippen LogP contribution in [0.25, 0.3) is 0 Å². The Morgan fingerprint density at radius 1 is 1.33 bits per heavy atom. The molecule has 1 rings (SSSR count). The maximum absolute atomic E-state index is 11.3. The highest BCUT2D eigenvalue weighted by molar-refractivity contribution is 6.30. The van der Waals surface area contributed by atoms with Crippen molar-refractivity contribution in [2.45, 2.75) is 43.4 Å². The molecule has 3 unspecified atom stereocenters. The number of carbonyl (C=O) groups is 1. The Morgan fingerprint density at radius 3 is 2.50 bits per heavy atom. The topological polar surface area (TPSA) is 17.1 Å². The standard InChI is InChI=1S/C9H14Cl2O/c1-2-9(12)6-3-4-7(10)8(11)5-6/h6-8H,2-5H2,1H3. The van der Waals surface area contributed by atoms with Crippen molar-refractivity contribution in [3.63, 3.8) is 0 Å². The Morgan fingerprint density at radius 2 is 2.00 bits per heavy atom. The van der Waals surface area contributed by atoms with E-state index >= 15 is 0 Å². The first-order valence-electron chi connectivity index (χ1n) is 4.46. The van der Waals surface area contributed by atoms with Gasteiger partial charge in [-0.05, 0) is 19.3 Å². The second-order valence-electron chi connectivity index (χ2n) is 3.36. The summed E-state index contributed by atoms with van der Waals surface area (Å²) in [4.78, 5) is 11.3. The van der Waals surface area contributed by atoms with Crippen LogP contribution in [0.5, 0.6) is 0 Å². The van der Waals surface area contributed by atoms with Crippen molar-refractivity contribution >= 4 is 29.0 Å². The average molecular weight is 209 g/mol. The van der Waals surface area contributed by atoms with Crippen molar-refractivity contribution in [3.05, 3.63) is 0 Å². The van der Waals surface area contributed by atoms with Crippen LogP contribution in [-0.2, 0) is 4.79 Å². The van der Waals surface area contributed by atoms with Gasteiger partial charge < -0.3 is 0 Å². The molecule has 0 aromatic heterocycles. The van der Waals surface area contributed by atoms with E-state index in [0.29, 0.717) is 12.2 Å². The lowest BCUT2D eigenvalue weighted by atomic mass is 9.85. The van der Waals surface area contributed by atoms with E-state index in [-0.39, 0.29) is 16.7 Å². The molecular formula is C9H14Cl2O. The molecule has 70 valence electrons. The minimum absolute atomic E-state index is 0.0130. The van der Waals surface area contributed by atoms with E-state index in [0.717, 1.165) is 19.3 Å². The van der Waals surface area contributed by atoms with Crippen molar-refractivity contribution in [2.75, 3.05) is 0 Å². The number of rotatable bonds is 2. The molecule has 3 atom stereocenters. The maximum Gasteiger partial charge on any atom is 0.135 e. The first-order valence-corrected chi connectivity index (χ1v) is 5.33. The number of Topliss-reactive ketones (excluding diaryl/α,β-unsaturated/α-hetero) is 1. The van der Waals surface area contributed by atoms with Crippen molar-refractivity contribution < 1.29 is 4.79 Å². The Bertz CT molecular complexity index is 170. The van der Waals surface area contributed by atoms with Crippen LogP contribution < -0.4 is 0 Å². The summed E-state index contributed by atoms with van der Waals surface area (Å²) in [5.41, 5.74) is 0.